The summed E-state index contributed by atoms with van der Waals surface area (Å²) in [6, 6.07) is 20.6. The number of para-hydroxylation sites is 2. The molecule has 1 unspecified atom stereocenters. The monoisotopic (exact) mass is 563 g/mol. The molecule has 0 aliphatic carbocycles. The van der Waals surface area contributed by atoms with Gasteiger partial charge in [0, 0.05) is 7.05 Å². The van der Waals surface area contributed by atoms with Gasteiger partial charge in [-0.05, 0) is 63.1 Å². The molecular formula is C25H28F3FeN3O3S. The number of alkyl halides is 3. The van der Waals surface area contributed by atoms with Gasteiger partial charge in [-0.1, -0.05) is 36.4 Å². The Morgan fingerprint density at radius 1 is 0.861 bits per heavy atom. The summed E-state index contributed by atoms with van der Waals surface area (Å²) in [6.07, 6.45) is -5.09. The minimum atomic E-state index is -5.09. The summed E-state index contributed by atoms with van der Waals surface area (Å²) >= 11 is -3.51. The van der Waals surface area contributed by atoms with Crippen LogP contribution in [0.5, 0.6) is 0 Å². The zero-order valence-electron chi connectivity index (χ0n) is 20.7. The Kier molecular flexibility index (Phi) is 13.8. The van der Waals surface area contributed by atoms with Crippen molar-refractivity contribution in [2.24, 2.45) is 17.0 Å². The largest absolute Gasteiger partial charge is 2.00 e. The van der Waals surface area contributed by atoms with Crippen LogP contribution in [0.4, 0.5) is 24.5 Å². The van der Waals surface area contributed by atoms with Crippen LogP contribution in [0.15, 0.2) is 70.6 Å². The summed E-state index contributed by atoms with van der Waals surface area (Å²) in [6.45, 7) is 8.28. The summed E-state index contributed by atoms with van der Waals surface area (Å²) in [5.74, 6) is 0. The second-order valence-electron chi connectivity index (χ2n) is 7.36. The van der Waals surface area contributed by atoms with Gasteiger partial charge in [0.05, 0.1) is 45.5 Å². The molecule has 0 aliphatic rings. The van der Waals surface area contributed by atoms with Gasteiger partial charge in [0.1, 0.15) is 0 Å². The van der Waals surface area contributed by atoms with Gasteiger partial charge in [0.25, 0.3) is 0 Å². The quantitative estimate of drug-likeness (QED) is 0.150. The van der Waals surface area contributed by atoms with Crippen molar-refractivity contribution in [2.45, 2.75) is 34.1 Å². The Balaban J connectivity index is 0.00000107. The van der Waals surface area contributed by atoms with E-state index in [1.54, 1.807) is 0 Å². The maximum Gasteiger partial charge on any atom is 2.00 e. The molecule has 2 aromatic carbocycles. The van der Waals surface area contributed by atoms with Crippen LogP contribution in [-0.2, 0) is 39.7 Å². The van der Waals surface area contributed by atoms with Crippen molar-refractivity contribution in [3.8, 4) is 0 Å². The summed E-state index contributed by atoms with van der Waals surface area (Å²) < 4.78 is 54.7. The number of nitrogens with zero attached hydrogens (tertiary/aromatic N) is 3. The predicted molar refractivity (Wildman–Crippen MR) is 134 cm³/mol. The van der Waals surface area contributed by atoms with Gasteiger partial charge in [-0.15, -0.1) is 13.2 Å². The van der Waals surface area contributed by atoms with Crippen LogP contribution in [0.2, 0.25) is 0 Å². The van der Waals surface area contributed by atoms with Crippen molar-refractivity contribution >= 4 is 34.2 Å². The van der Waals surface area contributed by atoms with Gasteiger partial charge in [0.2, 0.25) is 0 Å². The fourth-order valence-corrected chi connectivity index (χ4v) is 3.32. The summed E-state index contributed by atoms with van der Waals surface area (Å²) in [5.41, 5.74) is 8.58. The van der Waals surface area contributed by atoms with E-state index in [2.05, 4.69) is 67.8 Å². The number of hydrogen-bond acceptors (Lipinski definition) is 5. The molecule has 11 heteroatoms. The van der Waals surface area contributed by atoms with Crippen LogP contribution in [0, 0.1) is 21.3 Å². The first-order valence-corrected chi connectivity index (χ1v) is 11.1. The third-order valence-corrected chi connectivity index (χ3v) is 5.16. The molecule has 6 nitrogen and oxygen atoms in total. The number of hydrogen-bond donors (Lipinski definition) is 0. The number of aromatic nitrogens is 1. The van der Waals surface area contributed by atoms with Crippen LogP contribution in [0.25, 0.3) is 0 Å². The topological polar surface area (TPSA) is 79.0 Å². The maximum absolute atomic E-state index is 10.7. The number of aryl methyl sites for hydroxylation is 2. The van der Waals surface area contributed by atoms with Crippen molar-refractivity contribution < 1.29 is 43.2 Å². The Bertz CT molecular complexity index is 1150. The van der Waals surface area contributed by atoms with Crippen LogP contribution < -0.4 is 0 Å². The first-order valence-electron chi connectivity index (χ1n) is 10.1. The van der Waals surface area contributed by atoms with Crippen molar-refractivity contribution in [1.29, 1.82) is 0 Å². The van der Waals surface area contributed by atoms with Crippen molar-refractivity contribution in [3.63, 3.8) is 0 Å². The molecule has 0 spiro atoms. The van der Waals surface area contributed by atoms with E-state index in [9.17, 15) is 13.2 Å². The zero-order valence-corrected chi connectivity index (χ0v) is 22.7. The minimum absolute atomic E-state index is 0. The van der Waals surface area contributed by atoms with Gasteiger partial charge in [-0.3, -0.25) is 9.98 Å². The van der Waals surface area contributed by atoms with Gasteiger partial charge >= 0.3 is 23.4 Å². The Hall–Kier alpha value is -2.56. The summed E-state index contributed by atoms with van der Waals surface area (Å²) in [4.78, 5) is 9.63. The van der Waals surface area contributed by atoms with E-state index < -0.39 is 17.7 Å². The second-order valence-corrected chi connectivity index (χ2v) is 7.94. The van der Waals surface area contributed by atoms with Crippen LogP contribution in [-0.4, -0.2) is 31.1 Å². The zero-order chi connectivity index (χ0) is 25.5. The molecule has 0 radical (unpaired) electrons. The third kappa shape index (κ3) is 10.2. The van der Waals surface area contributed by atoms with E-state index in [4.69, 9.17) is 18.7 Å². The van der Waals surface area contributed by atoms with E-state index >= 15 is 0 Å². The molecule has 0 bridgehead atoms. The molecule has 196 valence electrons. The van der Waals surface area contributed by atoms with Crippen molar-refractivity contribution in [3.05, 3.63) is 90.6 Å². The molecule has 1 aromatic heterocycles. The van der Waals surface area contributed by atoms with E-state index in [-0.39, 0.29) is 24.5 Å². The molecular weight excluding hydrogens is 535 g/mol. The van der Waals surface area contributed by atoms with Crippen LogP contribution in [0.3, 0.4) is 0 Å². The van der Waals surface area contributed by atoms with Crippen LogP contribution in [0.1, 0.15) is 36.4 Å². The molecule has 1 heterocycles. The molecule has 0 amide bonds. The van der Waals surface area contributed by atoms with E-state index in [0.717, 1.165) is 34.2 Å². The molecule has 3 rings (SSSR count). The standard InChI is InChI=1S/C23H25N3.CHF3O3S.CH3.Fe/c1-16-10-6-8-12-20(16)24-18(3)22-14-15-23(26(22)5)19(4)25-21-13-9-7-11-17(21)2;2-1(3,4)7-8(5)6;;/h6-15H,1-5H3;(H,5,6);1H3;/q;;-1;+2/p-1. The number of aliphatic imine (C=N–C) groups is 2. The van der Waals surface area contributed by atoms with Gasteiger partial charge in [-0.2, -0.15) is 0 Å². The van der Waals surface area contributed by atoms with Crippen molar-refractivity contribution in [2.75, 3.05) is 0 Å². The van der Waals surface area contributed by atoms with E-state index in [1.165, 1.54) is 11.1 Å². The molecule has 1 atom stereocenters. The number of benzene rings is 2. The van der Waals surface area contributed by atoms with Crippen molar-refractivity contribution in [1.82, 2.24) is 4.57 Å². The van der Waals surface area contributed by atoms with E-state index in [0.29, 0.717) is 0 Å². The normalized spacial score (nSPS) is 12.6. The molecule has 0 saturated heterocycles. The SMILES string of the molecule is CC(=Nc1ccccc1C)c1ccc(C(C)=Nc2ccccc2C)n1C.O=S([O-])OC(F)(F)F.[CH3-].[Fe+2]. The maximum atomic E-state index is 10.7. The predicted octanol–water partition coefficient (Wildman–Crippen LogP) is 6.69. The Labute approximate surface area is 223 Å². The third-order valence-electron chi connectivity index (χ3n) is 4.83. The first kappa shape index (κ1) is 33.4. The average molecular weight is 563 g/mol. The number of halogens is 3. The Morgan fingerprint density at radius 3 is 1.50 bits per heavy atom. The smallest absolute Gasteiger partial charge is 0.750 e. The first-order chi connectivity index (χ1) is 15.9. The molecule has 36 heavy (non-hydrogen) atoms. The van der Waals surface area contributed by atoms with E-state index in [1.807, 2.05) is 36.4 Å². The average Bonchev–Trinajstić information content (AvgIpc) is 3.11. The second kappa shape index (κ2) is 14.9. The van der Waals surface area contributed by atoms with Gasteiger partial charge < -0.3 is 16.5 Å². The van der Waals surface area contributed by atoms with Gasteiger partial charge in [-0.25, -0.2) is 8.39 Å². The summed E-state index contributed by atoms with van der Waals surface area (Å²) in [5, 5.41) is 0. The molecule has 0 fully saturated rings. The fourth-order valence-electron chi connectivity index (χ4n) is 3.17. The minimum Gasteiger partial charge on any atom is -0.750 e. The molecule has 3 aromatic rings. The number of rotatable bonds is 5. The molecule has 0 saturated carbocycles. The molecule has 0 N–H and O–H groups in total. The Morgan fingerprint density at radius 2 is 1.22 bits per heavy atom. The van der Waals surface area contributed by atoms with Crippen LogP contribution >= 0.6 is 0 Å². The molecule has 0 aliphatic heterocycles. The summed E-state index contributed by atoms with van der Waals surface area (Å²) in [7, 11) is 2.07. The fraction of sp³-hybridized carbons (Fsp3) is 0.240. The van der Waals surface area contributed by atoms with Gasteiger partial charge in [0.15, 0.2) is 0 Å².